The first-order chi connectivity index (χ1) is 12.2. The Morgan fingerprint density at radius 1 is 1.00 bits per heavy atom. The number of morpholine rings is 1. The van der Waals surface area contributed by atoms with Crippen LogP contribution >= 0.6 is 11.6 Å². The molecule has 0 spiro atoms. The monoisotopic (exact) mass is 355 g/mol. The fourth-order valence-corrected chi connectivity index (χ4v) is 3.21. The molecule has 1 fully saturated rings. The van der Waals surface area contributed by atoms with Gasteiger partial charge in [0.15, 0.2) is 0 Å². The van der Waals surface area contributed by atoms with E-state index in [2.05, 4.69) is 10.00 Å². The van der Waals surface area contributed by atoms with Gasteiger partial charge >= 0.3 is 0 Å². The van der Waals surface area contributed by atoms with Crippen molar-refractivity contribution in [2.75, 3.05) is 26.3 Å². The lowest BCUT2D eigenvalue weighted by Gasteiger charge is -2.26. The molecular formula is C19H18ClN3O2. The average Bonchev–Trinajstić information content (AvgIpc) is 2.66. The Labute approximate surface area is 150 Å². The van der Waals surface area contributed by atoms with E-state index >= 15 is 0 Å². The molecule has 1 saturated heterocycles. The number of halogens is 1. The summed E-state index contributed by atoms with van der Waals surface area (Å²) in [6.45, 7) is 3.45. The molecule has 1 aliphatic rings. The number of hydrogen-bond acceptors (Lipinski definition) is 4. The molecular weight excluding hydrogens is 338 g/mol. The highest BCUT2D eigenvalue weighted by atomic mass is 35.5. The molecule has 25 heavy (non-hydrogen) atoms. The van der Waals surface area contributed by atoms with Crippen LogP contribution in [0.1, 0.15) is 0 Å². The third kappa shape index (κ3) is 3.31. The summed E-state index contributed by atoms with van der Waals surface area (Å²) >= 11 is 6.01. The van der Waals surface area contributed by atoms with E-state index in [1.165, 1.54) is 0 Å². The predicted octanol–water partition coefficient (Wildman–Crippen LogP) is 3.01. The van der Waals surface area contributed by atoms with Gasteiger partial charge in [0.1, 0.15) is 0 Å². The summed E-state index contributed by atoms with van der Waals surface area (Å²) in [5.41, 5.74) is 1.66. The Bertz CT molecular complexity index is 947. The zero-order chi connectivity index (χ0) is 17.2. The van der Waals surface area contributed by atoms with Crippen molar-refractivity contribution in [3.63, 3.8) is 0 Å². The summed E-state index contributed by atoms with van der Waals surface area (Å²) in [5, 5.41) is 6.88. The van der Waals surface area contributed by atoms with Crippen LogP contribution in [0.3, 0.4) is 0 Å². The second-order valence-corrected chi connectivity index (χ2v) is 6.51. The van der Waals surface area contributed by atoms with Crippen LogP contribution in [0.25, 0.3) is 22.0 Å². The number of hydrogen-bond donors (Lipinski definition) is 0. The summed E-state index contributed by atoms with van der Waals surface area (Å²) in [4.78, 5) is 15.0. The number of fused-ring (bicyclic) bond motifs is 1. The molecule has 0 amide bonds. The normalized spacial score (nSPS) is 15.6. The molecule has 2 aromatic carbocycles. The number of ether oxygens (including phenoxy) is 1. The minimum Gasteiger partial charge on any atom is -0.379 e. The first kappa shape index (κ1) is 16.3. The van der Waals surface area contributed by atoms with Crippen LogP contribution in [-0.2, 0) is 11.4 Å². The van der Waals surface area contributed by atoms with Crippen LogP contribution in [0.15, 0.2) is 53.3 Å². The quantitative estimate of drug-likeness (QED) is 0.724. The van der Waals surface area contributed by atoms with Gasteiger partial charge in [-0.1, -0.05) is 41.9 Å². The van der Waals surface area contributed by atoms with Crippen LogP contribution in [0.2, 0.25) is 5.02 Å². The van der Waals surface area contributed by atoms with Gasteiger partial charge in [-0.05, 0) is 18.2 Å². The molecule has 3 aromatic rings. The van der Waals surface area contributed by atoms with E-state index in [0.29, 0.717) is 30.3 Å². The lowest BCUT2D eigenvalue weighted by atomic mass is 10.1. The van der Waals surface area contributed by atoms with Gasteiger partial charge in [0.05, 0.1) is 31.0 Å². The van der Waals surface area contributed by atoms with E-state index in [-0.39, 0.29) is 5.56 Å². The summed E-state index contributed by atoms with van der Waals surface area (Å²) in [6, 6.07) is 15.1. The molecule has 0 aliphatic carbocycles. The summed E-state index contributed by atoms with van der Waals surface area (Å²) in [6.07, 6.45) is 0. The molecule has 1 aliphatic heterocycles. The van der Waals surface area contributed by atoms with Gasteiger partial charge < -0.3 is 4.74 Å². The molecule has 5 nitrogen and oxygen atoms in total. The van der Waals surface area contributed by atoms with Gasteiger partial charge in [-0.15, -0.1) is 0 Å². The van der Waals surface area contributed by atoms with Crippen LogP contribution < -0.4 is 5.56 Å². The second kappa shape index (κ2) is 6.96. The Hall–Kier alpha value is -2.21. The van der Waals surface area contributed by atoms with Crippen molar-refractivity contribution in [3.8, 4) is 11.3 Å². The highest BCUT2D eigenvalue weighted by Crippen LogP contribution is 2.25. The van der Waals surface area contributed by atoms with E-state index < -0.39 is 0 Å². The highest BCUT2D eigenvalue weighted by Gasteiger charge is 2.16. The maximum atomic E-state index is 12.9. The topological polar surface area (TPSA) is 47.4 Å². The molecule has 0 unspecified atom stereocenters. The molecule has 6 heteroatoms. The van der Waals surface area contributed by atoms with Crippen molar-refractivity contribution in [2.45, 2.75) is 6.67 Å². The largest absolute Gasteiger partial charge is 0.379 e. The fraction of sp³-hybridized carbons (Fsp3) is 0.263. The summed E-state index contributed by atoms with van der Waals surface area (Å²) in [7, 11) is 0. The van der Waals surface area contributed by atoms with Gasteiger partial charge in [-0.25, -0.2) is 4.68 Å². The molecule has 128 valence electrons. The van der Waals surface area contributed by atoms with Crippen molar-refractivity contribution in [1.29, 1.82) is 0 Å². The average molecular weight is 356 g/mol. The molecule has 0 bridgehead atoms. The fourth-order valence-electron chi connectivity index (χ4n) is 3.08. The van der Waals surface area contributed by atoms with Crippen molar-refractivity contribution in [1.82, 2.24) is 14.7 Å². The van der Waals surface area contributed by atoms with Crippen LogP contribution in [0.5, 0.6) is 0 Å². The Balaban J connectivity index is 1.84. The number of nitrogens with zero attached hydrogens (tertiary/aromatic N) is 3. The van der Waals surface area contributed by atoms with Gasteiger partial charge in [0, 0.05) is 29.1 Å². The molecule has 2 heterocycles. The van der Waals surface area contributed by atoms with Gasteiger partial charge in [0.25, 0.3) is 5.56 Å². The van der Waals surface area contributed by atoms with Crippen LogP contribution in [0.4, 0.5) is 0 Å². The van der Waals surface area contributed by atoms with Crippen molar-refractivity contribution in [2.24, 2.45) is 0 Å². The van der Waals surface area contributed by atoms with E-state index in [0.717, 1.165) is 29.7 Å². The maximum Gasteiger partial charge on any atom is 0.275 e. The smallest absolute Gasteiger partial charge is 0.275 e. The molecule has 0 saturated carbocycles. The molecule has 0 radical (unpaired) electrons. The molecule has 1 aromatic heterocycles. The molecule has 0 N–H and O–H groups in total. The van der Waals surface area contributed by atoms with Gasteiger partial charge in [-0.2, -0.15) is 5.10 Å². The van der Waals surface area contributed by atoms with Crippen LogP contribution in [-0.4, -0.2) is 41.0 Å². The first-order valence-electron chi connectivity index (χ1n) is 8.28. The second-order valence-electron chi connectivity index (χ2n) is 6.08. The minimum atomic E-state index is -0.0696. The zero-order valence-electron chi connectivity index (χ0n) is 13.7. The predicted molar refractivity (Wildman–Crippen MR) is 98.8 cm³/mol. The van der Waals surface area contributed by atoms with Crippen molar-refractivity contribution >= 4 is 22.4 Å². The lowest BCUT2D eigenvalue weighted by molar-refractivity contribution is 0.0206. The summed E-state index contributed by atoms with van der Waals surface area (Å²) in [5.74, 6) is 0. The lowest BCUT2D eigenvalue weighted by Crippen LogP contribution is -2.40. The first-order valence-corrected chi connectivity index (χ1v) is 8.66. The van der Waals surface area contributed by atoms with Crippen molar-refractivity contribution < 1.29 is 4.74 Å². The van der Waals surface area contributed by atoms with Gasteiger partial charge in [0.2, 0.25) is 0 Å². The molecule has 4 rings (SSSR count). The SMILES string of the molecule is O=c1c2ccccc2c(-c2ccc(Cl)cc2)nn1CN1CCOCC1. The highest BCUT2D eigenvalue weighted by molar-refractivity contribution is 6.30. The van der Waals surface area contributed by atoms with Crippen LogP contribution in [0, 0.1) is 0 Å². The maximum absolute atomic E-state index is 12.9. The Kier molecular flexibility index (Phi) is 4.53. The third-order valence-corrected chi connectivity index (χ3v) is 4.68. The van der Waals surface area contributed by atoms with E-state index in [1.807, 2.05) is 48.5 Å². The van der Waals surface area contributed by atoms with E-state index in [9.17, 15) is 4.79 Å². The van der Waals surface area contributed by atoms with E-state index in [4.69, 9.17) is 16.3 Å². The Morgan fingerprint density at radius 3 is 2.40 bits per heavy atom. The number of aromatic nitrogens is 2. The van der Waals surface area contributed by atoms with Crippen molar-refractivity contribution in [3.05, 3.63) is 63.9 Å². The number of rotatable bonds is 3. The number of benzene rings is 2. The molecule has 0 atom stereocenters. The van der Waals surface area contributed by atoms with E-state index in [1.54, 1.807) is 4.68 Å². The summed E-state index contributed by atoms with van der Waals surface area (Å²) < 4.78 is 6.93. The van der Waals surface area contributed by atoms with Gasteiger partial charge in [-0.3, -0.25) is 9.69 Å². The third-order valence-electron chi connectivity index (χ3n) is 4.42. The zero-order valence-corrected chi connectivity index (χ0v) is 14.4. The standard InChI is InChI=1S/C19H18ClN3O2/c20-15-7-5-14(6-8-15)18-16-3-1-2-4-17(16)19(24)23(21-18)13-22-9-11-25-12-10-22/h1-8H,9-13H2. The Morgan fingerprint density at radius 2 is 1.68 bits per heavy atom. The minimum absolute atomic E-state index is 0.0696.